The van der Waals surface area contributed by atoms with Crippen LogP contribution >= 0.6 is 11.6 Å². The first-order valence-electron chi connectivity index (χ1n) is 9.41. The van der Waals surface area contributed by atoms with E-state index in [2.05, 4.69) is 20.1 Å². The van der Waals surface area contributed by atoms with Crippen LogP contribution in [-0.4, -0.2) is 69.0 Å². The molecule has 0 bridgehead atoms. The summed E-state index contributed by atoms with van der Waals surface area (Å²) in [4.78, 5) is 9.01. The van der Waals surface area contributed by atoms with Crippen LogP contribution in [0.1, 0.15) is 27.7 Å². The number of benzene rings is 1. The van der Waals surface area contributed by atoms with Crippen LogP contribution < -0.4 is 10.2 Å². The molecule has 1 aromatic carbocycles. The Morgan fingerprint density at radius 3 is 2.37 bits per heavy atom. The van der Waals surface area contributed by atoms with Gasteiger partial charge in [0.2, 0.25) is 0 Å². The van der Waals surface area contributed by atoms with Gasteiger partial charge in [0.25, 0.3) is 0 Å². The minimum Gasteiger partial charge on any atom is -0.367 e. The number of para-hydroxylation sites is 1. The Morgan fingerprint density at radius 1 is 1.19 bits per heavy atom. The summed E-state index contributed by atoms with van der Waals surface area (Å²) in [6.07, 6.45) is 0. The highest BCUT2D eigenvalue weighted by molar-refractivity contribution is 7.92. The van der Waals surface area contributed by atoms with Gasteiger partial charge in [0.1, 0.15) is 0 Å². The normalized spacial score (nSPS) is 16.6. The van der Waals surface area contributed by atoms with Gasteiger partial charge in [0, 0.05) is 32.7 Å². The summed E-state index contributed by atoms with van der Waals surface area (Å²) in [6, 6.07) is 7.87. The molecule has 0 aliphatic carbocycles. The lowest BCUT2D eigenvalue weighted by Gasteiger charge is -2.38. The van der Waals surface area contributed by atoms with E-state index in [1.165, 1.54) is 0 Å². The number of rotatable bonds is 5. The molecule has 1 aromatic rings. The van der Waals surface area contributed by atoms with E-state index in [9.17, 15) is 8.42 Å². The number of hydrogen-bond donors (Lipinski definition) is 1. The van der Waals surface area contributed by atoms with Crippen molar-refractivity contribution in [2.45, 2.75) is 32.4 Å². The SMILES string of the molecule is CCNC(=NCCS(=O)(=O)C(C)(C)C)N1CCN(c2ccccc2Cl)CC1. The third kappa shape index (κ3) is 5.75. The quantitative estimate of drug-likeness (QED) is 0.592. The molecule has 1 N–H and O–H groups in total. The van der Waals surface area contributed by atoms with E-state index in [1.807, 2.05) is 31.2 Å². The fourth-order valence-corrected chi connectivity index (χ4v) is 4.07. The molecule has 0 saturated carbocycles. The van der Waals surface area contributed by atoms with Crippen LogP contribution in [0.4, 0.5) is 5.69 Å². The molecule has 1 fully saturated rings. The van der Waals surface area contributed by atoms with Crippen molar-refractivity contribution >= 4 is 33.1 Å². The van der Waals surface area contributed by atoms with E-state index < -0.39 is 14.6 Å². The van der Waals surface area contributed by atoms with Gasteiger partial charge in [-0.1, -0.05) is 23.7 Å². The van der Waals surface area contributed by atoms with Gasteiger partial charge >= 0.3 is 0 Å². The van der Waals surface area contributed by atoms with Crippen molar-refractivity contribution in [3.05, 3.63) is 29.3 Å². The van der Waals surface area contributed by atoms with Gasteiger partial charge in [0.05, 0.1) is 27.8 Å². The Balaban J connectivity index is 1.99. The molecule has 0 radical (unpaired) electrons. The predicted molar refractivity (Wildman–Crippen MR) is 115 cm³/mol. The molecule has 27 heavy (non-hydrogen) atoms. The van der Waals surface area contributed by atoms with Crippen LogP contribution in [0.2, 0.25) is 5.02 Å². The maximum atomic E-state index is 12.3. The first-order chi connectivity index (χ1) is 12.7. The molecule has 0 spiro atoms. The van der Waals surface area contributed by atoms with Crippen LogP contribution in [0.15, 0.2) is 29.3 Å². The second-order valence-electron chi connectivity index (χ2n) is 7.59. The fourth-order valence-electron chi connectivity index (χ4n) is 2.87. The summed E-state index contributed by atoms with van der Waals surface area (Å²) in [6.45, 7) is 11.5. The van der Waals surface area contributed by atoms with Crippen LogP contribution in [0, 0.1) is 0 Å². The number of nitrogens with one attached hydrogen (secondary N) is 1. The average molecular weight is 415 g/mol. The maximum Gasteiger partial charge on any atom is 0.194 e. The Bertz CT molecular complexity index is 751. The van der Waals surface area contributed by atoms with Gasteiger partial charge < -0.3 is 15.1 Å². The third-order valence-corrected chi connectivity index (χ3v) is 7.57. The summed E-state index contributed by atoms with van der Waals surface area (Å²) in [5.41, 5.74) is 1.05. The first kappa shape index (κ1) is 21.8. The monoisotopic (exact) mass is 414 g/mol. The first-order valence-corrected chi connectivity index (χ1v) is 11.4. The van der Waals surface area contributed by atoms with E-state index in [0.717, 1.165) is 49.4 Å². The molecular formula is C19H31ClN4O2S. The van der Waals surface area contributed by atoms with Crippen molar-refractivity contribution < 1.29 is 8.42 Å². The van der Waals surface area contributed by atoms with Crippen LogP contribution in [0.5, 0.6) is 0 Å². The van der Waals surface area contributed by atoms with Gasteiger partial charge in [-0.05, 0) is 39.8 Å². The van der Waals surface area contributed by atoms with E-state index in [0.29, 0.717) is 0 Å². The number of halogens is 1. The molecule has 0 unspecified atom stereocenters. The summed E-state index contributed by atoms with van der Waals surface area (Å²) in [7, 11) is -3.16. The van der Waals surface area contributed by atoms with Crippen molar-refractivity contribution in [1.29, 1.82) is 0 Å². The molecular weight excluding hydrogens is 384 g/mol. The standard InChI is InChI=1S/C19H31ClN4O2S/c1-5-21-18(22-10-15-27(25,26)19(2,3)4)24-13-11-23(12-14-24)17-9-7-6-8-16(17)20/h6-9H,5,10-15H2,1-4H3,(H,21,22). The third-order valence-electron chi connectivity index (χ3n) is 4.66. The van der Waals surface area contributed by atoms with Gasteiger partial charge in [-0.25, -0.2) is 8.42 Å². The molecule has 1 aliphatic rings. The van der Waals surface area contributed by atoms with Gasteiger partial charge in [-0.2, -0.15) is 0 Å². The molecule has 1 heterocycles. The Labute approximate surface area is 168 Å². The van der Waals surface area contributed by atoms with Crippen LogP contribution in [-0.2, 0) is 9.84 Å². The highest BCUT2D eigenvalue weighted by Crippen LogP contribution is 2.26. The second-order valence-corrected chi connectivity index (χ2v) is 10.9. The number of piperazine rings is 1. The van der Waals surface area contributed by atoms with Crippen molar-refractivity contribution in [3.8, 4) is 0 Å². The number of guanidine groups is 1. The molecule has 1 aliphatic heterocycles. The van der Waals surface area contributed by atoms with Gasteiger partial charge in [-0.3, -0.25) is 4.99 Å². The summed E-state index contributed by atoms with van der Waals surface area (Å²) in [5, 5.41) is 4.04. The Hall–Kier alpha value is -1.47. The summed E-state index contributed by atoms with van der Waals surface area (Å²) in [5.74, 6) is 0.839. The molecule has 0 atom stereocenters. The number of sulfone groups is 1. The van der Waals surface area contributed by atoms with Crippen molar-refractivity contribution in [1.82, 2.24) is 10.2 Å². The number of aliphatic imine (C=N–C) groups is 1. The number of hydrogen-bond acceptors (Lipinski definition) is 4. The lowest BCUT2D eigenvalue weighted by Crippen LogP contribution is -2.52. The topological polar surface area (TPSA) is 65.0 Å². The lowest BCUT2D eigenvalue weighted by molar-refractivity contribution is 0.373. The van der Waals surface area contributed by atoms with Gasteiger partial charge in [-0.15, -0.1) is 0 Å². The molecule has 6 nitrogen and oxygen atoms in total. The Kier molecular flexibility index (Phi) is 7.40. The lowest BCUT2D eigenvalue weighted by atomic mass is 10.2. The van der Waals surface area contributed by atoms with Gasteiger partial charge in [0.15, 0.2) is 15.8 Å². The zero-order valence-electron chi connectivity index (χ0n) is 16.7. The van der Waals surface area contributed by atoms with Crippen molar-refractivity contribution in [2.24, 2.45) is 4.99 Å². The Morgan fingerprint density at radius 2 is 1.81 bits per heavy atom. The minimum absolute atomic E-state index is 0.0605. The maximum absolute atomic E-state index is 12.3. The van der Waals surface area contributed by atoms with Crippen LogP contribution in [0.25, 0.3) is 0 Å². The minimum atomic E-state index is -3.16. The summed E-state index contributed by atoms with van der Waals surface area (Å²) < 4.78 is 23.8. The highest BCUT2D eigenvalue weighted by Gasteiger charge is 2.28. The zero-order chi connectivity index (χ0) is 20.1. The molecule has 152 valence electrons. The predicted octanol–water partition coefficient (Wildman–Crippen LogP) is 2.64. The second kappa shape index (κ2) is 9.15. The molecule has 1 saturated heterocycles. The average Bonchev–Trinajstić information content (AvgIpc) is 2.60. The molecule has 8 heteroatoms. The van der Waals surface area contributed by atoms with Crippen molar-refractivity contribution in [3.63, 3.8) is 0 Å². The fraction of sp³-hybridized carbons (Fsp3) is 0.632. The highest BCUT2D eigenvalue weighted by atomic mass is 35.5. The summed E-state index contributed by atoms with van der Waals surface area (Å²) >= 11 is 6.31. The van der Waals surface area contributed by atoms with E-state index in [-0.39, 0.29) is 12.3 Å². The van der Waals surface area contributed by atoms with Crippen LogP contribution in [0.3, 0.4) is 0 Å². The molecule has 2 rings (SSSR count). The van der Waals surface area contributed by atoms with E-state index >= 15 is 0 Å². The smallest absolute Gasteiger partial charge is 0.194 e. The van der Waals surface area contributed by atoms with E-state index in [4.69, 9.17) is 11.6 Å². The number of nitrogens with zero attached hydrogens (tertiary/aromatic N) is 3. The molecule has 0 aromatic heterocycles. The largest absolute Gasteiger partial charge is 0.367 e. The van der Waals surface area contributed by atoms with E-state index in [1.54, 1.807) is 20.8 Å². The van der Waals surface area contributed by atoms with Crippen molar-refractivity contribution in [2.75, 3.05) is 49.9 Å². The molecule has 0 amide bonds. The zero-order valence-corrected chi connectivity index (χ0v) is 18.3. The number of anilines is 1.